The van der Waals surface area contributed by atoms with Crippen molar-refractivity contribution in [3.63, 3.8) is 0 Å². The van der Waals surface area contributed by atoms with Crippen molar-refractivity contribution >= 4 is 28.1 Å². The fourth-order valence-corrected chi connectivity index (χ4v) is 5.61. The Morgan fingerprint density at radius 1 is 1.02 bits per heavy atom. The lowest BCUT2D eigenvalue weighted by molar-refractivity contribution is -0.121. The number of hydrogen-bond donors (Lipinski definition) is 3. The van der Waals surface area contributed by atoms with Gasteiger partial charge in [0.25, 0.3) is 0 Å². The molecule has 1 aromatic carbocycles. The van der Waals surface area contributed by atoms with Gasteiger partial charge in [0.15, 0.2) is 4.96 Å². The van der Waals surface area contributed by atoms with Crippen LogP contribution in [0, 0.1) is 0 Å². The highest BCUT2D eigenvalue weighted by Gasteiger charge is 2.18. The van der Waals surface area contributed by atoms with E-state index in [4.69, 9.17) is 4.98 Å². The second-order valence-electron chi connectivity index (χ2n) is 9.89. The first kappa shape index (κ1) is 27.3. The summed E-state index contributed by atoms with van der Waals surface area (Å²) in [6.45, 7) is 0.483. The number of thiazole rings is 1. The van der Waals surface area contributed by atoms with Crippen LogP contribution in [0.3, 0.4) is 0 Å². The van der Waals surface area contributed by atoms with Crippen molar-refractivity contribution in [3.05, 3.63) is 72.0 Å². The molecule has 0 fully saturated rings. The summed E-state index contributed by atoms with van der Waals surface area (Å²) in [6, 6.07) is 10.2. The van der Waals surface area contributed by atoms with Crippen LogP contribution in [-0.2, 0) is 23.1 Å². The molecule has 2 amide bonds. The van der Waals surface area contributed by atoms with Crippen molar-refractivity contribution in [2.75, 3.05) is 13.6 Å². The van der Waals surface area contributed by atoms with Gasteiger partial charge in [-0.1, -0.05) is 37.1 Å². The van der Waals surface area contributed by atoms with Gasteiger partial charge in [-0.05, 0) is 24.5 Å². The smallest absolute Gasteiger partial charge is 0.226 e. The first-order chi connectivity index (χ1) is 19.5. The van der Waals surface area contributed by atoms with Crippen molar-refractivity contribution in [3.8, 4) is 22.5 Å². The lowest BCUT2D eigenvalue weighted by Gasteiger charge is -2.16. The number of nitrogens with zero attached hydrogens (tertiary/aromatic N) is 5. The van der Waals surface area contributed by atoms with E-state index in [9.17, 15) is 9.59 Å². The topological polar surface area (TPSA) is 122 Å². The number of fused-ring (bicyclic) bond motifs is 1. The van der Waals surface area contributed by atoms with Gasteiger partial charge in [0.05, 0.1) is 24.0 Å². The summed E-state index contributed by atoms with van der Waals surface area (Å²) in [5.41, 5.74) is 4.88. The van der Waals surface area contributed by atoms with Crippen LogP contribution >= 0.6 is 11.3 Å². The van der Waals surface area contributed by atoms with Crippen LogP contribution in [-0.4, -0.2) is 54.5 Å². The number of unbranched alkanes of at least 4 members (excludes halogenated alkanes) is 2. The van der Waals surface area contributed by atoms with Crippen LogP contribution in [0.25, 0.3) is 27.5 Å². The number of nitrogens with one attached hydrogen (secondary N) is 3. The summed E-state index contributed by atoms with van der Waals surface area (Å²) in [7, 11) is 3.57. The van der Waals surface area contributed by atoms with E-state index in [1.54, 1.807) is 17.9 Å². The maximum atomic E-state index is 12.9. The van der Waals surface area contributed by atoms with Gasteiger partial charge in [0.1, 0.15) is 5.82 Å². The highest BCUT2D eigenvalue weighted by molar-refractivity contribution is 7.15. The van der Waals surface area contributed by atoms with Gasteiger partial charge < -0.3 is 15.6 Å². The van der Waals surface area contributed by atoms with Gasteiger partial charge in [0.2, 0.25) is 11.8 Å². The van der Waals surface area contributed by atoms with E-state index >= 15 is 0 Å². The zero-order chi connectivity index (χ0) is 27.9. The van der Waals surface area contributed by atoms with Crippen LogP contribution in [0.4, 0.5) is 0 Å². The number of hydrogen-bond acceptors (Lipinski definition) is 6. The molecule has 1 unspecified atom stereocenters. The summed E-state index contributed by atoms with van der Waals surface area (Å²) in [5, 5.41) is 12.2. The quantitative estimate of drug-likeness (QED) is 0.186. The second kappa shape index (κ2) is 12.7. The third-order valence-corrected chi connectivity index (χ3v) is 7.93. The molecular formula is C29H34N8O2S. The van der Waals surface area contributed by atoms with Gasteiger partial charge in [-0.3, -0.25) is 18.7 Å². The van der Waals surface area contributed by atoms with E-state index in [0.29, 0.717) is 19.4 Å². The van der Waals surface area contributed by atoms with E-state index in [-0.39, 0.29) is 17.7 Å². The second-order valence-corrected chi connectivity index (χ2v) is 10.7. The number of H-pyrrole nitrogens is 1. The van der Waals surface area contributed by atoms with Gasteiger partial charge in [-0.25, -0.2) is 9.97 Å². The van der Waals surface area contributed by atoms with Crippen LogP contribution in [0.5, 0.6) is 0 Å². The standard InChI is InChI=1S/C29H34N8O2S/c1-30-26(38)7-5-3-4-6-22(17-32-27(39)16-23-19-40-29-31-13-15-37(23)29)28-33-18-25(34-28)21-10-8-20(9-11-21)24-12-14-36(2)35-24/h8-15,18-19,22H,3-7,16-17H2,1-2H3,(H,30,38)(H,32,39)(H,33,34). The molecule has 4 aromatic heterocycles. The van der Waals surface area contributed by atoms with E-state index < -0.39 is 0 Å². The van der Waals surface area contributed by atoms with Gasteiger partial charge in [0, 0.05) is 68.2 Å². The fourth-order valence-electron chi connectivity index (χ4n) is 4.76. The van der Waals surface area contributed by atoms with Crippen molar-refractivity contribution in [2.24, 2.45) is 7.05 Å². The molecule has 3 N–H and O–H groups in total. The average molecular weight is 559 g/mol. The van der Waals surface area contributed by atoms with E-state index in [2.05, 4.69) is 50.0 Å². The summed E-state index contributed by atoms with van der Waals surface area (Å²) < 4.78 is 3.74. The maximum absolute atomic E-state index is 12.9. The largest absolute Gasteiger partial charge is 0.359 e. The Kier molecular flexibility index (Phi) is 8.70. The van der Waals surface area contributed by atoms with Crippen molar-refractivity contribution in [2.45, 2.75) is 44.4 Å². The molecule has 0 radical (unpaired) electrons. The summed E-state index contributed by atoms with van der Waals surface area (Å²) in [4.78, 5) is 37.8. The van der Waals surface area contributed by atoms with E-state index in [0.717, 1.165) is 64.7 Å². The van der Waals surface area contributed by atoms with E-state index in [1.807, 2.05) is 41.5 Å². The van der Waals surface area contributed by atoms with Crippen molar-refractivity contribution < 1.29 is 9.59 Å². The molecular weight excluding hydrogens is 524 g/mol. The van der Waals surface area contributed by atoms with E-state index in [1.165, 1.54) is 11.3 Å². The van der Waals surface area contributed by atoms with Crippen LogP contribution < -0.4 is 10.6 Å². The van der Waals surface area contributed by atoms with Crippen LogP contribution in [0.2, 0.25) is 0 Å². The van der Waals surface area contributed by atoms with Crippen molar-refractivity contribution in [1.82, 2.24) is 39.8 Å². The molecule has 0 saturated carbocycles. The molecule has 5 rings (SSSR count). The van der Waals surface area contributed by atoms with Gasteiger partial charge in [-0.2, -0.15) is 5.10 Å². The van der Waals surface area contributed by atoms with Gasteiger partial charge >= 0.3 is 0 Å². The maximum Gasteiger partial charge on any atom is 0.226 e. The summed E-state index contributed by atoms with van der Waals surface area (Å²) in [5.74, 6) is 0.910. The highest BCUT2D eigenvalue weighted by atomic mass is 32.1. The predicted octanol–water partition coefficient (Wildman–Crippen LogP) is 4.33. The number of amides is 2. The summed E-state index contributed by atoms with van der Waals surface area (Å²) >= 11 is 1.53. The number of carbonyl (C=O) groups is 2. The Hall–Kier alpha value is -4.25. The Morgan fingerprint density at radius 2 is 1.85 bits per heavy atom. The minimum absolute atomic E-state index is 0.0289. The molecule has 40 heavy (non-hydrogen) atoms. The molecule has 0 spiro atoms. The zero-order valence-corrected chi connectivity index (χ0v) is 23.6. The number of carbonyl (C=O) groups excluding carboxylic acids is 2. The Balaban J connectivity index is 1.24. The van der Waals surface area contributed by atoms with Crippen LogP contribution in [0.15, 0.2) is 60.5 Å². The first-order valence-corrected chi connectivity index (χ1v) is 14.4. The Bertz CT molecular complexity index is 1560. The number of aryl methyl sites for hydroxylation is 1. The lowest BCUT2D eigenvalue weighted by atomic mass is 9.99. The fraction of sp³-hybridized carbons (Fsp3) is 0.345. The molecule has 11 heteroatoms. The first-order valence-electron chi connectivity index (χ1n) is 13.5. The molecule has 0 aliphatic carbocycles. The molecule has 10 nitrogen and oxygen atoms in total. The van der Waals surface area contributed by atoms with Crippen LogP contribution in [0.1, 0.15) is 49.5 Å². The number of rotatable bonds is 13. The SMILES string of the molecule is CNC(=O)CCCCCC(CNC(=O)Cc1csc2nccn12)c1ncc(-c2ccc(-c3ccn(C)n3)cc2)[nH]1. The lowest BCUT2D eigenvalue weighted by Crippen LogP contribution is -2.30. The zero-order valence-electron chi connectivity index (χ0n) is 22.8. The summed E-state index contributed by atoms with van der Waals surface area (Å²) in [6.07, 6.45) is 11.8. The molecule has 0 aliphatic heterocycles. The predicted molar refractivity (Wildman–Crippen MR) is 156 cm³/mol. The molecule has 5 aromatic rings. The minimum Gasteiger partial charge on any atom is -0.359 e. The van der Waals surface area contributed by atoms with Gasteiger partial charge in [-0.15, -0.1) is 11.3 Å². The third kappa shape index (κ3) is 6.66. The monoisotopic (exact) mass is 558 g/mol. The molecule has 0 bridgehead atoms. The number of imidazole rings is 2. The Morgan fingerprint density at radius 3 is 2.62 bits per heavy atom. The molecule has 0 saturated heterocycles. The normalized spacial score (nSPS) is 12.1. The molecule has 1 atom stereocenters. The Labute approximate surface area is 236 Å². The van der Waals surface area contributed by atoms with Crippen molar-refractivity contribution in [1.29, 1.82) is 0 Å². The average Bonchev–Trinajstić information content (AvgIpc) is 3.77. The molecule has 0 aliphatic rings. The molecule has 4 heterocycles. The number of aromatic amines is 1. The highest BCUT2D eigenvalue weighted by Crippen LogP contribution is 2.26. The third-order valence-electron chi connectivity index (χ3n) is 7.03. The number of aromatic nitrogens is 6. The minimum atomic E-state index is -0.0325. The number of benzene rings is 1. The molecule has 208 valence electrons.